The topological polar surface area (TPSA) is 61.4 Å². The van der Waals surface area contributed by atoms with Gasteiger partial charge in [0.1, 0.15) is 11.9 Å². The summed E-state index contributed by atoms with van der Waals surface area (Å²) in [5, 5.41) is 5.24. The van der Waals surface area contributed by atoms with E-state index < -0.39 is 12.1 Å². The lowest BCUT2D eigenvalue weighted by atomic mass is 10.2. The van der Waals surface area contributed by atoms with Gasteiger partial charge < -0.3 is 15.5 Å². The second-order valence-electron chi connectivity index (χ2n) is 5.27. The maximum absolute atomic E-state index is 12.8. The number of carbonyl (C=O) groups excluding carboxylic acids is 2. The molecule has 2 aromatic carbocycles. The van der Waals surface area contributed by atoms with Crippen LogP contribution in [-0.4, -0.2) is 24.5 Å². The standard InChI is InChI=1S/C17H16FN3O2/c18-12-6-8-13(9-7-12)19-17(23)20-15-10-11-21(16(15)22)14-4-2-1-3-5-14/h1-9,15H,10-11H2,(H2,19,20,23)/t15-/m1/s1. The molecule has 0 radical (unpaired) electrons. The van der Waals surface area contributed by atoms with Crippen molar-refractivity contribution in [2.45, 2.75) is 12.5 Å². The van der Waals surface area contributed by atoms with Crippen LogP contribution < -0.4 is 15.5 Å². The summed E-state index contributed by atoms with van der Waals surface area (Å²) >= 11 is 0. The number of para-hydroxylation sites is 1. The molecule has 1 saturated heterocycles. The van der Waals surface area contributed by atoms with Crippen molar-refractivity contribution in [1.29, 1.82) is 0 Å². The fraction of sp³-hybridized carbons (Fsp3) is 0.176. The number of halogens is 1. The van der Waals surface area contributed by atoms with Gasteiger partial charge in [-0.25, -0.2) is 9.18 Å². The Bertz CT molecular complexity index is 704. The second kappa shape index (κ2) is 6.48. The number of amides is 3. The summed E-state index contributed by atoms with van der Waals surface area (Å²) in [6, 6.07) is 13.7. The number of hydrogen-bond donors (Lipinski definition) is 2. The number of rotatable bonds is 3. The predicted molar refractivity (Wildman–Crippen MR) is 85.8 cm³/mol. The molecule has 5 nitrogen and oxygen atoms in total. The first kappa shape index (κ1) is 15.0. The molecule has 0 aromatic heterocycles. The van der Waals surface area contributed by atoms with Gasteiger partial charge >= 0.3 is 6.03 Å². The van der Waals surface area contributed by atoms with E-state index in [4.69, 9.17) is 0 Å². The van der Waals surface area contributed by atoms with E-state index in [0.717, 1.165) is 5.69 Å². The van der Waals surface area contributed by atoms with Crippen LogP contribution in [0.2, 0.25) is 0 Å². The molecule has 1 aliphatic rings. The summed E-state index contributed by atoms with van der Waals surface area (Å²) in [7, 11) is 0. The van der Waals surface area contributed by atoms with Gasteiger partial charge in [-0.2, -0.15) is 0 Å². The van der Waals surface area contributed by atoms with Crippen LogP contribution in [0.3, 0.4) is 0 Å². The minimum absolute atomic E-state index is 0.134. The van der Waals surface area contributed by atoms with Crippen LogP contribution in [0.15, 0.2) is 54.6 Å². The maximum atomic E-state index is 12.8. The molecule has 118 valence electrons. The molecular weight excluding hydrogens is 297 g/mol. The van der Waals surface area contributed by atoms with E-state index in [2.05, 4.69) is 10.6 Å². The molecule has 3 rings (SSSR count). The number of carbonyl (C=O) groups is 2. The van der Waals surface area contributed by atoms with Crippen molar-refractivity contribution >= 4 is 23.3 Å². The first-order valence-corrected chi connectivity index (χ1v) is 7.33. The lowest BCUT2D eigenvalue weighted by Crippen LogP contribution is -2.43. The summed E-state index contributed by atoms with van der Waals surface area (Å²) in [4.78, 5) is 26.0. The fourth-order valence-corrected chi connectivity index (χ4v) is 2.54. The van der Waals surface area contributed by atoms with Crippen LogP contribution >= 0.6 is 0 Å². The quantitative estimate of drug-likeness (QED) is 0.915. The summed E-state index contributed by atoms with van der Waals surface area (Å²) in [5.41, 5.74) is 1.29. The summed E-state index contributed by atoms with van der Waals surface area (Å²) in [6.07, 6.45) is 0.546. The molecule has 2 aromatic rings. The lowest BCUT2D eigenvalue weighted by molar-refractivity contribution is -0.118. The molecule has 3 amide bonds. The Morgan fingerprint density at radius 1 is 1.09 bits per heavy atom. The van der Waals surface area contributed by atoms with Gasteiger partial charge in [-0.05, 0) is 42.8 Å². The van der Waals surface area contributed by atoms with Gasteiger partial charge in [-0.1, -0.05) is 18.2 Å². The van der Waals surface area contributed by atoms with E-state index in [9.17, 15) is 14.0 Å². The molecule has 1 fully saturated rings. The normalized spacial score (nSPS) is 17.2. The van der Waals surface area contributed by atoms with Crippen molar-refractivity contribution < 1.29 is 14.0 Å². The first-order valence-electron chi connectivity index (χ1n) is 7.33. The summed E-state index contributed by atoms with van der Waals surface area (Å²) < 4.78 is 12.8. The third kappa shape index (κ3) is 3.48. The molecule has 0 bridgehead atoms. The van der Waals surface area contributed by atoms with Gasteiger partial charge in [0.25, 0.3) is 0 Å². The largest absolute Gasteiger partial charge is 0.326 e. The van der Waals surface area contributed by atoms with Crippen LogP contribution in [0, 0.1) is 5.82 Å². The second-order valence-corrected chi connectivity index (χ2v) is 5.27. The van der Waals surface area contributed by atoms with Crippen LogP contribution in [0.1, 0.15) is 6.42 Å². The van der Waals surface area contributed by atoms with Crippen molar-refractivity contribution in [2.24, 2.45) is 0 Å². The van der Waals surface area contributed by atoms with Gasteiger partial charge in [0.05, 0.1) is 0 Å². The molecule has 2 N–H and O–H groups in total. The highest BCUT2D eigenvalue weighted by Crippen LogP contribution is 2.21. The smallest absolute Gasteiger partial charge is 0.319 e. The van der Waals surface area contributed by atoms with E-state index in [1.165, 1.54) is 24.3 Å². The Morgan fingerprint density at radius 3 is 2.48 bits per heavy atom. The van der Waals surface area contributed by atoms with E-state index in [1.54, 1.807) is 4.90 Å². The number of anilines is 2. The molecular formula is C17H16FN3O2. The Balaban J connectivity index is 1.59. The van der Waals surface area contributed by atoms with E-state index in [1.807, 2.05) is 30.3 Å². The van der Waals surface area contributed by atoms with Crippen LogP contribution in [0.5, 0.6) is 0 Å². The number of benzene rings is 2. The van der Waals surface area contributed by atoms with Crippen molar-refractivity contribution in [1.82, 2.24) is 5.32 Å². The van der Waals surface area contributed by atoms with Gasteiger partial charge in [-0.3, -0.25) is 4.79 Å². The van der Waals surface area contributed by atoms with Crippen LogP contribution in [-0.2, 0) is 4.79 Å². The highest BCUT2D eigenvalue weighted by molar-refractivity contribution is 6.02. The van der Waals surface area contributed by atoms with E-state index >= 15 is 0 Å². The Hall–Kier alpha value is -2.89. The molecule has 1 heterocycles. The molecule has 1 aliphatic heterocycles. The first-order chi connectivity index (χ1) is 11.1. The number of urea groups is 1. The molecule has 1 atom stereocenters. The van der Waals surface area contributed by atoms with Gasteiger partial charge in [0.2, 0.25) is 5.91 Å². The Labute approximate surface area is 133 Å². The van der Waals surface area contributed by atoms with E-state index in [-0.39, 0.29) is 11.7 Å². The van der Waals surface area contributed by atoms with Crippen molar-refractivity contribution in [3.8, 4) is 0 Å². The maximum Gasteiger partial charge on any atom is 0.319 e. The summed E-state index contributed by atoms with van der Waals surface area (Å²) in [5.74, 6) is -0.508. The third-order valence-electron chi connectivity index (χ3n) is 3.68. The molecule has 0 saturated carbocycles. The zero-order valence-corrected chi connectivity index (χ0v) is 12.3. The van der Waals surface area contributed by atoms with Crippen LogP contribution in [0.25, 0.3) is 0 Å². The molecule has 0 spiro atoms. The predicted octanol–water partition coefficient (Wildman–Crippen LogP) is 2.75. The SMILES string of the molecule is O=C(Nc1ccc(F)cc1)N[C@@H]1CCN(c2ccccc2)C1=O. The highest BCUT2D eigenvalue weighted by Gasteiger charge is 2.33. The minimum Gasteiger partial charge on any atom is -0.326 e. The monoisotopic (exact) mass is 313 g/mol. The minimum atomic E-state index is -0.560. The van der Waals surface area contributed by atoms with Crippen molar-refractivity contribution in [3.05, 3.63) is 60.4 Å². The lowest BCUT2D eigenvalue weighted by Gasteiger charge is -2.17. The van der Waals surface area contributed by atoms with Crippen LogP contribution in [0.4, 0.5) is 20.6 Å². The molecule has 23 heavy (non-hydrogen) atoms. The van der Waals surface area contributed by atoms with Gasteiger partial charge in [0.15, 0.2) is 0 Å². The Morgan fingerprint density at radius 2 is 1.78 bits per heavy atom. The highest BCUT2D eigenvalue weighted by atomic mass is 19.1. The number of nitrogens with one attached hydrogen (secondary N) is 2. The molecule has 0 aliphatic carbocycles. The molecule has 0 unspecified atom stereocenters. The average Bonchev–Trinajstić information content (AvgIpc) is 2.91. The zero-order valence-electron chi connectivity index (χ0n) is 12.3. The number of hydrogen-bond acceptors (Lipinski definition) is 2. The van der Waals surface area contributed by atoms with Gasteiger partial charge in [-0.15, -0.1) is 0 Å². The third-order valence-corrected chi connectivity index (χ3v) is 3.68. The fourth-order valence-electron chi connectivity index (χ4n) is 2.54. The Kier molecular flexibility index (Phi) is 4.23. The summed E-state index contributed by atoms with van der Waals surface area (Å²) in [6.45, 7) is 0.560. The zero-order chi connectivity index (χ0) is 16.2. The van der Waals surface area contributed by atoms with Crippen molar-refractivity contribution in [3.63, 3.8) is 0 Å². The van der Waals surface area contributed by atoms with Crippen molar-refractivity contribution in [2.75, 3.05) is 16.8 Å². The van der Waals surface area contributed by atoms with E-state index in [0.29, 0.717) is 18.7 Å². The molecule has 6 heteroatoms. The average molecular weight is 313 g/mol. The number of nitrogens with zero attached hydrogens (tertiary/aromatic N) is 1. The van der Waals surface area contributed by atoms with Gasteiger partial charge in [0, 0.05) is 17.9 Å².